The fourth-order valence-corrected chi connectivity index (χ4v) is 15.8. The van der Waals surface area contributed by atoms with Crippen molar-refractivity contribution in [3.05, 3.63) is 0 Å². The van der Waals surface area contributed by atoms with Gasteiger partial charge in [0.25, 0.3) is 0 Å². The van der Waals surface area contributed by atoms with Crippen LogP contribution in [0.4, 0.5) is 0 Å². The first-order valence-electron chi connectivity index (χ1n) is 10.4. The molecule has 0 bridgehead atoms. The summed E-state index contributed by atoms with van der Waals surface area (Å²) in [6.07, 6.45) is 1.64. The minimum atomic E-state index is 0.262. The number of aldehydes is 1. The van der Waals surface area contributed by atoms with Gasteiger partial charge in [-0.1, -0.05) is 0 Å². The second-order valence-electron chi connectivity index (χ2n) is 11.9. The van der Waals surface area contributed by atoms with Gasteiger partial charge in [-0.25, -0.2) is 0 Å². The molecule has 110 valence electrons. The average Bonchev–Trinajstić information content (AvgIpc) is 3.18. The van der Waals surface area contributed by atoms with Crippen molar-refractivity contribution < 1.29 is 4.79 Å². The van der Waals surface area contributed by atoms with Gasteiger partial charge in [-0.3, -0.25) is 0 Å². The number of hydrogen-bond acceptors (Lipinski definition) is 1. The molecule has 0 aromatic carbocycles. The first-order valence-corrected chi connectivity index (χ1v) is 10.4. The van der Waals surface area contributed by atoms with E-state index in [1.54, 1.807) is 6.29 Å². The Morgan fingerprint density at radius 2 is 0.636 bits per heavy atom. The molecule has 12 fully saturated rings. The monoisotopic (exact) mass is 288 g/mol. The summed E-state index contributed by atoms with van der Waals surface area (Å²) in [6, 6.07) is 0. The van der Waals surface area contributed by atoms with E-state index < -0.39 is 0 Å². The number of carbonyl (C=O) groups excluding carboxylic acids is 1. The van der Waals surface area contributed by atoms with Crippen LogP contribution in [0.15, 0.2) is 0 Å². The summed E-state index contributed by atoms with van der Waals surface area (Å²) >= 11 is 0. The van der Waals surface area contributed by atoms with Gasteiger partial charge in [-0.2, -0.15) is 0 Å². The maximum atomic E-state index is 12.7. The van der Waals surface area contributed by atoms with E-state index in [-0.39, 0.29) is 5.41 Å². The summed E-state index contributed by atoms with van der Waals surface area (Å²) in [5.74, 6) is 21.0. The molecule has 0 saturated heterocycles. The van der Waals surface area contributed by atoms with E-state index in [1.165, 1.54) is 23.7 Å². The summed E-state index contributed by atoms with van der Waals surface area (Å²) in [5, 5.41) is 0. The molecule has 0 aromatic rings. The summed E-state index contributed by atoms with van der Waals surface area (Å²) in [7, 11) is 0. The van der Waals surface area contributed by atoms with Crippen LogP contribution in [0.3, 0.4) is 0 Å². The van der Waals surface area contributed by atoms with Gasteiger partial charge in [0.15, 0.2) is 0 Å². The fraction of sp³-hybridized carbons (Fsp3) is 0.952. The molecule has 0 aromatic heterocycles. The number of hydrogen-bond donors (Lipinski definition) is 0. The topological polar surface area (TPSA) is 17.1 Å². The van der Waals surface area contributed by atoms with Crippen molar-refractivity contribution in [1.29, 1.82) is 0 Å². The zero-order valence-corrected chi connectivity index (χ0v) is 12.5. The zero-order valence-electron chi connectivity index (χ0n) is 12.5. The van der Waals surface area contributed by atoms with Crippen molar-refractivity contribution in [1.82, 2.24) is 0 Å². The molecule has 22 heavy (non-hydrogen) atoms. The van der Waals surface area contributed by atoms with Gasteiger partial charge in [-0.15, -0.1) is 0 Å². The highest BCUT2D eigenvalue weighted by molar-refractivity contribution is 5.69. The molecule has 12 aliphatic rings. The van der Waals surface area contributed by atoms with Crippen LogP contribution in [0.2, 0.25) is 0 Å². The molecular weight excluding hydrogens is 268 g/mol. The van der Waals surface area contributed by atoms with E-state index in [1.807, 2.05) is 0 Å². The third-order valence-electron chi connectivity index (χ3n) is 13.8. The molecular formula is C21H20O. The number of carbonyl (C=O) groups is 1. The van der Waals surface area contributed by atoms with Crippen LogP contribution in [-0.2, 0) is 4.79 Å². The lowest BCUT2D eigenvalue weighted by molar-refractivity contribution is -0.122. The van der Waals surface area contributed by atoms with Gasteiger partial charge < -0.3 is 4.79 Å². The fourth-order valence-electron chi connectivity index (χ4n) is 15.8. The van der Waals surface area contributed by atoms with Crippen LogP contribution >= 0.6 is 0 Å². The maximum Gasteiger partial charge on any atom is 0.127 e. The van der Waals surface area contributed by atoms with E-state index in [0.29, 0.717) is 0 Å². The molecule has 0 N–H and O–H groups in total. The SMILES string of the molecule is O=CC12C3[C@@H]4[C@@H]5C6C7C8[C@@H]5[C@@H]3[C@H]3C1[C@H]1[C@@H](C7[C@@H]5[C@@H]6[C@@H]4C2[C@@H]51)[C@H]83. The average molecular weight is 288 g/mol. The molecule has 1 nitrogen and oxygen atoms in total. The van der Waals surface area contributed by atoms with Crippen molar-refractivity contribution >= 4 is 6.29 Å². The van der Waals surface area contributed by atoms with Gasteiger partial charge in [0, 0.05) is 5.41 Å². The minimum absolute atomic E-state index is 0.262. The molecule has 0 radical (unpaired) electrons. The molecule has 12 aliphatic carbocycles. The molecule has 0 amide bonds. The van der Waals surface area contributed by atoms with Crippen molar-refractivity contribution in [2.45, 2.75) is 0 Å². The highest BCUT2D eigenvalue weighted by atomic mass is 16.1. The van der Waals surface area contributed by atoms with Crippen molar-refractivity contribution in [3.8, 4) is 0 Å². The Kier molecular flexibility index (Phi) is 0.828. The Morgan fingerprint density at radius 3 is 0.864 bits per heavy atom. The normalized spacial score (nSPS) is 102. The lowest BCUT2D eigenvalue weighted by atomic mass is 9.67. The predicted octanol–water partition coefficient (Wildman–Crippen LogP) is 2.03. The third kappa shape index (κ3) is 0.414. The van der Waals surface area contributed by atoms with Crippen LogP contribution in [0.5, 0.6) is 0 Å². The third-order valence-corrected chi connectivity index (χ3v) is 13.8. The summed E-state index contributed by atoms with van der Waals surface area (Å²) < 4.78 is 0. The van der Waals surface area contributed by atoms with E-state index >= 15 is 0 Å². The van der Waals surface area contributed by atoms with Crippen molar-refractivity contribution in [2.75, 3.05) is 0 Å². The van der Waals surface area contributed by atoms with E-state index in [4.69, 9.17) is 0 Å². The Bertz CT molecular complexity index is 654. The Balaban J connectivity index is 1.47. The van der Waals surface area contributed by atoms with Crippen molar-refractivity contribution in [3.63, 3.8) is 0 Å². The van der Waals surface area contributed by atoms with Crippen LogP contribution in [0.25, 0.3) is 0 Å². The minimum Gasteiger partial charge on any atom is -0.303 e. The predicted molar refractivity (Wildman–Crippen MR) is 74.8 cm³/mol. The number of rotatable bonds is 1. The quantitative estimate of drug-likeness (QED) is 0.675. The molecule has 12 rings (SSSR count). The summed E-state index contributed by atoms with van der Waals surface area (Å²) in [4.78, 5) is 12.7. The summed E-state index contributed by atoms with van der Waals surface area (Å²) in [5.41, 5.74) is 0.262. The molecule has 1 heteroatoms. The smallest absolute Gasteiger partial charge is 0.127 e. The molecule has 0 heterocycles. The highest BCUT2D eigenvalue weighted by Gasteiger charge is 3.01. The molecule has 12 saturated carbocycles. The van der Waals surface area contributed by atoms with Gasteiger partial charge in [0.2, 0.25) is 0 Å². The van der Waals surface area contributed by atoms with E-state index in [9.17, 15) is 4.79 Å². The largest absolute Gasteiger partial charge is 0.303 e. The van der Waals surface area contributed by atoms with Gasteiger partial charge in [0.05, 0.1) is 0 Å². The first kappa shape index (κ1) is 9.23. The highest BCUT2D eigenvalue weighted by Crippen LogP contribution is 3.04. The van der Waals surface area contributed by atoms with E-state index in [0.717, 1.165) is 88.8 Å². The Hall–Kier alpha value is -0.330. The molecule has 20 atom stereocenters. The van der Waals surface area contributed by atoms with E-state index in [2.05, 4.69) is 0 Å². The molecule has 0 aliphatic heterocycles. The van der Waals surface area contributed by atoms with Gasteiger partial charge in [-0.05, 0) is 112 Å². The Labute approximate surface area is 129 Å². The lowest BCUT2D eigenvalue weighted by Crippen LogP contribution is -2.37. The maximum absolute atomic E-state index is 12.7. The van der Waals surface area contributed by atoms with Crippen molar-refractivity contribution in [2.24, 2.45) is 118 Å². The standard InChI is InChI=1S/C21H20O/c22-1-21-18-12-6-3-2-4-8(6)14(18)16-10(4)11-5(2)9-7(3)13(12)19(21)15(9)17(11)20(16)21/h1-20H/t2?,3?,4?,5?,6-,7-,8-,9+,10+,11+,12-,13+,14-,15+,16-,17-,18?,19?,20?,21?/m0/s1. The second-order valence-corrected chi connectivity index (χ2v) is 11.9. The Morgan fingerprint density at radius 1 is 0.409 bits per heavy atom. The molecule has 8 unspecified atom stereocenters. The van der Waals surface area contributed by atoms with Crippen LogP contribution < -0.4 is 0 Å². The van der Waals surface area contributed by atoms with Crippen LogP contribution in [0.1, 0.15) is 0 Å². The zero-order chi connectivity index (χ0) is 13.2. The van der Waals surface area contributed by atoms with Crippen LogP contribution in [0, 0.1) is 118 Å². The van der Waals surface area contributed by atoms with Crippen LogP contribution in [-0.4, -0.2) is 6.29 Å². The first-order chi connectivity index (χ1) is 10.9. The van der Waals surface area contributed by atoms with Gasteiger partial charge >= 0.3 is 0 Å². The van der Waals surface area contributed by atoms with Gasteiger partial charge in [0.1, 0.15) is 6.29 Å². The molecule has 0 spiro atoms. The lowest BCUT2D eigenvalue weighted by Gasteiger charge is -2.35. The summed E-state index contributed by atoms with van der Waals surface area (Å²) in [6.45, 7) is 0. The second kappa shape index (κ2) is 1.97.